The van der Waals surface area contributed by atoms with E-state index in [9.17, 15) is 13.2 Å². The number of unbranched alkanes of at least 4 members (excludes halogenated alkanes) is 1. The first kappa shape index (κ1) is 21.5. The Labute approximate surface area is 168 Å². The van der Waals surface area contributed by atoms with Gasteiger partial charge in [0.2, 0.25) is 10.0 Å². The molecular weight excluding hydrogens is 411 g/mol. The highest BCUT2D eigenvalue weighted by molar-refractivity contribution is 7.89. The summed E-state index contributed by atoms with van der Waals surface area (Å²) < 4.78 is 32.2. The Bertz CT molecular complexity index is 910. The Morgan fingerprint density at radius 3 is 2.41 bits per heavy atom. The van der Waals surface area contributed by atoms with Gasteiger partial charge >= 0.3 is 0 Å². The van der Waals surface area contributed by atoms with E-state index in [0.29, 0.717) is 12.2 Å². The van der Waals surface area contributed by atoms with Crippen LogP contribution in [0.1, 0.15) is 30.1 Å². The van der Waals surface area contributed by atoms with Gasteiger partial charge in [0.15, 0.2) is 5.75 Å². The zero-order valence-electron chi connectivity index (χ0n) is 14.9. The lowest BCUT2D eigenvalue weighted by molar-refractivity contribution is 0.102. The topological polar surface area (TPSA) is 84.5 Å². The molecule has 146 valence electrons. The Morgan fingerprint density at radius 2 is 1.81 bits per heavy atom. The standard InChI is InChI=1S/C18H20Cl2N2O4S/c1-3-4-8-21-27(24,25)14-7-5-6-13(11-14)22-18(23)12-9-15(19)17(26-2)16(20)10-12/h5-7,9-11,21H,3-4,8H2,1-2H3,(H,22,23). The Kier molecular flexibility index (Phi) is 7.49. The number of hydrogen-bond donors (Lipinski definition) is 2. The molecule has 2 rings (SSSR count). The first-order valence-electron chi connectivity index (χ1n) is 8.22. The average Bonchev–Trinajstić information content (AvgIpc) is 2.61. The summed E-state index contributed by atoms with van der Waals surface area (Å²) in [5, 5.41) is 3.04. The lowest BCUT2D eigenvalue weighted by Crippen LogP contribution is -2.24. The van der Waals surface area contributed by atoms with E-state index >= 15 is 0 Å². The number of halogens is 2. The molecule has 0 spiro atoms. The van der Waals surface area contributed by atoms with Gasteiger partial charge in [-0.2, -0.15) is 0 Å². The highest BCUT2D eigenvalue weighted by Crippen LogP contribution is 2.34. The minimum absolute atomic E-state index is 0.0715. The molecule has 2 aromatic rings. The molecule has 0 heterocycles. The smallest absolute Gasteiger partial charge is 0.255 e. The molecule has 0 aromatic heterocycles. The molecule has 0 radical (unpaired) electrons. The second-order valence-corrected chi connectivity index (χ2v) is 8.29. The lowest BCUT2D eigenvalue weighted by Gasteiger charge is -2.11. The van der Waals surface area contributed by atoms with Gasteiger partial charge in [0.25, 0.3) is 5.91 Å². The van der Waals surface area contributed by atoms with Crippen molar-refractivity contribution in [3.8, 4) is 5.75 Å². The maximum Gasteiger partial charge on any atom is 0.255 e. The van der Waals surface area contributed by atoms with Crippen LogP contribution < -0.4 is 14.8 Å². The van der Waals surface area contributed by atoms with Crippen molar-refractivity contribution in [3.05, 3.63) is 52.0 Å². The molecule has 6 nitrogen and oxygen atoms in total. The van der Waals surface area contributed by atoms with Crippen LogP contribution in [-0.2, 0) is 10.0 Å². The van der Waals surface area contributed by atoms with E-state index in [1.807, 2.05) is 6.92 Å². The summed E-state index contributed by atoms with van der Waals surface area (Å²) in [6, 6.07) is 8.85. The van der Waals surface area contributed by atoms with Gasteiger partial charge in [-0.25, -0.2) is 13.1 Å². The molecule has 27 heavy (non-hydrogen) atoms. The fraction of sp³-hybridized carbons (Fsp3) is 0.278. The quantitative estimate of drug-likeness (QED) is 0.610. The molecule has 0 aliphatic rings. The van der Waals surface area contributed by atoms with E-state index in [4.69, 9.17) is 27.9 Å². The van der Waals surface area contributed by atoms with E-state index in [-0.39, 0.29) is 26.3 Å². The molecule has 2 N–H and O–H groups in total. The number of anilines is 1. The molecule has 0 saturated carbocycles. The van der Waals surface area contributed by atoms with Crippen molar-refractivity contribution in [2.45, 2.75) is 24.7 Å². The normalized spacial score (nSPS) is 11.3. The minimum Gasteiger partial charge on any atom is -0.494 e. The molecular formula is C18H20Cl2N2O4S. The number of benzene rings is 2. The van der Waals surface area contributed by atoms with Gasteiger partial charge in [0, 0.05) is 17.8 Å². The molecule has 0 saturated heterocycles. The number of hydrogen-bond acceptors (Lipinski definition) is 4. The van der Waals surface area contributed by atoms with E-state index < -0.39 is 15.9 Å². The maximum absolute atomic E-state index is 12.5. The van der Waals surface area contributed by atoms with Gasteiger partial charge in [-0.1, -0.05) is 42.6 Å². The molecule has 0 atom stereocenters. The number of rotatable bonds is 8. The highest BCUT2D eigenvalue weighted by Gasteiger charge is 2.16. The highest BCUT2D eigenvalue weighted by atomic mass is 35.5. The third kappa shape index (κ3) is 5.59. The van der Waals surface area contributed by atoms with Crippen LogP contribution in [0.5, 0.6) is 5.75 Å². The Morgan fingerprint density at radius 1 is 1.15 bits per heavy atom. The summed E-state index contributed by atoms with van der Waals surface area (Å²) in [5.74, 6) is -0.198. The van der Waals surface area contributed by atoms with Crippen molar-refractivity contribution in [2.24, 2.45) is 0 Å². The van der Waals surface area contributed by atoms with Crippen LogP contribution >= 0.6 is 23.2 Å². The van der Waals surface area contributed by atoms with Crippen molar-refractivity contribution < 1.29 is 17.9 Å². The van der Waals surface area contributed by atoms with Crippen LogP contribution in [0.4, 0.5) is 5.69 Å². The monoisotopic (exact) mass is 430 g/mol. The van der Waals surface area contributed by atoms with Gasteiger partial charge < -0.3 is 10.1 Å². The van der Waals surface area contributed by atoms with Crippen molar-refractivity contribution in [3.63, 3.8) is 0 Å². The largest absolute Gasteiger partial charge is 0.494 e. The van der Waals surface area contributed by atoms with Crippen LogP contribution in [0.15, 0.2) is 41.3 Å². The van der Waals surface area contributed by atoms with Gasteiger partial charge in [-0.3, -0.25) is 4.79 Å². The van der Waals surface area contributed by atoms with Crippen LogP contribution in [0.25, 0.3) is 0 Å². The van der Waals surface area contributed by atoms with Gasteiger partial charge in [-0.05, 0) is 36.8 Å². The van der Waals surface area contributed by atoms with Gasteiger partial charge in [0.1, 0.15) is 0 Å². The van der Waals surface area contributed by atoms with E-state index in [2.05, 4.69) is 10.0 Å². The first-order chi connectivity index (χ1) is 12.8. The lowest BCUT2D eigenvalue weighted by atomic mass is 10.2. The number of carbonyl (C=O) groups is 1. The summed E-state index contributed by atoms with van der Waals surface area (Å²) in [7, 11) is -2.21. The average molecular weight is 431 g/mol. The number of nitrogens with one attached hydrogen (secondary N) is 2. The summed E-state index contributed by atoms with van der Waals surface area (Å²) in [5.41, 5.74) is 0.557. The number of methoxy groups -OCH3 is 1. The van der Waals surface area contributed by atoms with Crippen molar-refractivity contribution in [1.82, 2.24) is 4.72 Å². The third-order valence-corrected chi connectivity index (χ3v) is 5.71. The predicted molar refractivity (Wildman–Crippen MR) is 108 cm³/mol. The van der Waals surface area contributed by atoms with Crippen molar-refractivity contribution >= 4 is 44.8 Å². The molecule has 0 aliphatic carbocycles. The number of sulfonamides is 1. The summed E-state index contributed by atoms with van der Waals surface area (Å²) in [6.07, 6.45) is 1.63. The maximum atomic E-state index is 12.5. The van der Waals surface area contributed by atoms with Crippen LogP contribution in [-0.4, -0.2) is 28.0 Å². The van der Waals surface area contributed by atoms with E-state index in [1.165, 1.54) is 31.4 Å². The van der Waals surface area contributed by atoms with Crippen LogP contribution in [0, 0.1) is 0 Å². The van der Waals surface area contributed by atoms with E-state index in [1.54, 1.807) is 12.1 Å². The second-order valence-electron chi connectivity index (χ2n) is 5.71. The zero-order chi connectivity index (χ0) is 20.0. The summed E-state index contributed by atoms with van der Waals surface area (Å²) >= 11 is 12.1. The second kappa shape index (κ2) is 9.41. The number of carbonyl (C=O) groups excluding carboxylic acids is 1. The fourth-order valence-corrected chi connectivity index (χ4v) is 4.06. The summed E-state index contributed by atoms with van der Waals surface area (Å²) in [6.45, 7) is 2.33. The van der Waals surface area contributed by atoms with Crippen LogP contribution in [0.2, 0.25) is 10.0 Å². The molecule has 9 heteroatoms. The Hall–Kier alpha value is -1.80. The van der Waals surface area contributed by atoms with Crippen LogP contribution in [0.3, 0.4) is 0 Å². The number of ether oxygens (including phenoxy) is 1. The zero-order valence-corrected chi connectivity index (χ0v) is 17.2. The van der Waals surface area contributed by atoms with Crippen molar-refractivity contribution in [2.75, 3.05) is 19.0 Å². The van der Waals surface area contributed by atoms with Gasteiger partial charge in [-0.15, -0.1) is 0 Å². The first-order valence-corrected chi connectivity index (χ1v) is 10.5. The molecule has 0 unspecified atom stereocenters. The molecule has 1 amide bonds. The van der Waals surface area contributed by atoms with Crippen molar-refractivity contribution in [1.29, 1.82) is 0 Å². The summed E-state index contributed by atoms with van der Waals surface area (Å²) in [4.78, 5) is 12.5. The number of amides is 1. The molecule has 2 aromatic carbocycles. The SMILES string of the molecule is CCCCNS(=O)(=O)c1cccc(NC(=O)c2cc(Cl)c(OC)c(Cl)c2)c1. The minimum atomic E-state index is -3.64. The fourth-order valence-electron chi connectivity index (χ4n) is 2.30. The van der Waals surface area contributed by atoms with E-state index in [0.717, 1.165) is 12.8 Å². The third-order valence-electron chi connectivity index (χ3n) is 3.69. The molecule has 0 fully saturated rings. The predicted octanol–water partition coefficient (Wildman–Crippen LogP) is 4.33. The Balaban J connectivity index is 2.20. The molecule has 0 bridgehead atoms. The van der Waals surface area contributed by atoms with Gasteiger partial charge in [0.05, 0.1) is 22.1 Å². The molecule has 0 aliphatic heterocycles.